The summed E-state index contributed by atoms with van der Waals surface area (Å²) in [6, 6.07) is 13.1. The van der Waals surface area contributed by atoms with Crippen molar-refractivity contribution >= 4 is 5.91 Å². The van der Waals surface area contributed by atoms with E-state index < -0.39 is 0 Å². The van der Waals surface area contributed by atoms with Gasteiger partial charge in [0.05, 0.1) is 12.7 Å². The fourth-order valence-corrected chi connectivity index (χ4v) is 3.21. The Morgan fingerprint density at radius 1 is 1.15 bits per heavy atom. The Labute approximate surface area is 159 Å². The fraction of sp³-hybridized carbons (Fsp3) is 0.476. The van der Waals surface area contributed by atoms with E-state index in [2.05, 4.69) is 24.2 Å². The Bertz CT molecular complexity index is 796. The number of piperidine rings is 1. The summed E-state index contributed by atoms with van der Waals surface area (Å²) in [5, 5.41) is 4.26. The molecule has 0 unspecified atom stereocenters. The van der Waals surface area contributed by atoms with Gasteiger partial charge in [-0.2, -0.15) is 5.10 Å². The smallest absolute Gasteiger partial charge is 0.274 e. The lowest BCUT2D eigenvalue weighted by molar-refractivity contribution is -0.000564. The molecule has 0 radical (unpaired) electrons. The number of aryl methyl sites for hydroxylation is 1. The molecule has 1 aliphatic heterocycles. The number of hydrogen-bond acceptors (Lipinski definition) is 4. The first kappa shape index (κ1) is 19.3. The molecular weight excluding hydrogens is 342 g/mol. The summed E-state index contributed by atoms with van der Waals surface area (Å²) < 4.78 is 7.38. The van der Waals surface area contributed by atoms with E-state index in [1.165, 1.54) is 16.8 Å². The number of hydrogen-bond donors (Lipinski definition) is 0. The molecule has 2 heterocycles. The van der Waals surface area contributed by atoms with E-state index in [1.54, 1.807) is 4.90 Å². The lowest BCUT2D eigenvalue weighted by Gasteiger charge is -2.31. The van der Waals surface area contributed by atoms with Gasteiger partial charge >= 0.3 is 0 Å². The molecule has 6 nitrogen and oxygen atoms in total. The maximum atomic E-state index is 12.7. The van der Waals surface area contributed by atoms with Crippen LogP contribution in [0, 0.1) is 0 Å². The van der Waals surface area contributed by atoms with Gasteiger partial charge in [-0.3, -0.25) is 9.59 Å². The van der Waals surface area contributed by atoms with Crippen LogP contribution in [0.25, 0.3) is 0 Å². The molecule has 144 valence electrons. The summed E-state index contributed by atoms with van der Waals surface area (Å²) in [6.07, 6.45) is 3.64. The molecule has 27 heavy (non-hydrogen) atoms. The topological polar surface area (TPSA) is 64.4 Å². The van der Waals surface area contributed by atoms with Crippen molar-refractivity contribution in [3.63, 3.8) is 0 Å². The van der Waals surface area contributed by atoms with Gasteiger partial charge in [-0.1, -0.05) is 43.7 Å². The van der Waals surface area contributed by atoms with Crippen molar-refractivity contribution in [1.29, 1.82) is 0 Å². The Hall–Kier alpha value is -2.47. The third-order valence-electron chi connectivity index (χ3n) is 4.87. The van der Waals surface area contributed by atoms with Crippen LogP contribution in [0.3, 0.4) is 0 Å². The zero-order valence-corrected chi connectivity index (χ0v) is 15.8. The van der Waals surface area contributed by atoms with Gasteiger partial charge in [0.25, 0.3) is 11.5 Å². The SMILES string of the molecule is CCCCn1nc(C(=O)N2CCC(OCc3ccccc3)CC2)ccc1=O. The van der Waals surface area contributed by atoms with Crippen LogP contribution in [0.5, 0.6) is 0 Å². The normalized spacial score (nSPS) is 15.1. The molecule has 1 fully saturated rings. The molecule has 0 N–H and O–H groups in total. The minimum absolute atomic E-state index is 0.109. The number of benzene rings is 1. The molecule has 0 saturated carbocycles. The van der Waals surface area contributed by atoms with Crippen LogP contribution >= 0.6 is 0 Å². The Morgan fingerprint density at radius 3 is 2.59 bits per heavy atom. The second kappa shape index (κ2) is 9.46. The molecule has 0 spiro atoms. The van der Waals surface area contributed by atoms with Crippen molar-refractivity contribution in [1.82, 2.24) is 14.7 Å². The molecule has 0 bridgehead atoms. The van der Waals surface area contributed by atoms with Crippen LogP contribution in [0.15, 0.2) is 47.3 Å². The molecule has 6 heteroatoms. The van der Waals surface area contributed by atoms with Crippen LogP contribution in [-0.4, -0.2) is 39.8 Å². The zero-order chi connectivity index (χ0) is 19.1. The first-order valence-corrected chi connectivity index (χ1v) is 9.70. The van der Waals surface area contributed by atoms with E-state index in [0.29, 0.717) is 31.9 Å². The van der Waals surface area contributed by atoms with E-state index in [1.807, 2.05) is 18.2 Å². The van der Waals surface area contributed by atoms with Gasteiger partial charge in [-0.15, -0.1) is 0 Å². The number of carbonyl (C=O) groups is 1. The predicted octanol–water partition coefficient (Wildman–Crippen LogP) is 2.86. The summed E-state index contributed by atoms with van der Waals surface area (Å²) in [5.41, 5.74) is 1.34. The molecule has 3 rings (SSSR count). The first-order chi connectivity index (χ1) is 13.2. The Morgan fingerprint density at radius 2 is 1.89 bits per heavy atom. The molecule has 1 saturated heterocycles. The third-order valence-corrected chi connectivity index (χ3v) is 4.87. The average molecular weight is 369 g/mol. The maximum absolute atomic E-state index is 12.7. The van der Waals surface area contributed by atoms with Gasteiger partial charge in [0.15, 0.2) is 0 Å². The van der Waals surface area contributed by atoms with E-state index in [9.17, 15) is 9.59 Å². The molecule has 1 aromatic carbocycles. The van der Waals surface area contributed by atoms with Crippen molar-refractivity contribution in [3.05, 3.63) is 64.1 Å². The highest BCUT2D eigenvalue weighted by Crippen LogP contribution is 2.17. The highest BCUT2D eigenvalue weighted by Gasteiger charge is 2.25. The van der Waals surface area contributed by atoms with Crippen LogP contribution in [0.1, 0.15) is 48.7 Å². The Kier molecular flexibility index (Phi) is 6.76. The number of aromatic nitrogens is 2. The molecular formula is C21H27N3O3. The number of nitrogens with zero attached hydrogens (tertiary/aromatic N) is 3. The number of unbranched alkanes of at least 4 members (excludes halogenated alkanes) is 1. The van der Waals surface area contributed by atoms with Crippen molar-refractivity contribution in [2.75, 3.05) is 13.1 Å². The van der Waals surface area contributed by atoms with Gasteiger partial charge in [0.1, 0.15) is 5.69 Å². The lowest BCUT2D eigenvalue weighted by Crippen LogP contribution is -2.41. The second-order valence-electron chi connectivity index (χ2n) is 6.92. The maximum Gasteiger partial charge on any atom is 0.274 e. The minimum atomic E-state index is -0.159. The molecule has 1 amide bonds. The van der Waals surface area contributed by atoms with Gasteiger partial charge in [0.2, 0.25) is 0 Å². The van der Waals surface area contributed by atoms with Crippen LogP contribution < -0.4 is 5.56 Å². The van der Waals surface area contributed by atoms with Crippen LogP contribution in [-0.2, 0) is 17.9 Å². The lowest BCUT2D eigenvalue weighted by atomic mass is 10.1. The van der Waals surface area contributed by atoms with Crippen molar-refractivity contribution in [3.8, 4) is 0 Å². The monoisotopic (exact) mass is 369 g/mol. The third kappa shape index (κ3) is 5.26. The van der Waals surface area contributed by atoms with Gasteiger partial charge in [-0.25, -0.2) is 4.68 Å². The molecule has 0 aliphatic carbocycles. The number of rotatable bonds is 7. The highest BCUT2D eigenvalue weighted by molar-refractivity contribution is 5.92. The highest BCUT2D eigenvalue weighted by atomic mass is 16.5. The Balaban J connectivity index is 1.53. The van der Waals surface area contributed by atoms with Crippen LogP contribution in [0.2, 0.25) is 0 Å². The molecule has 2 aromatic rings. The number of amides is 1. The summed E-state index contributed by atoms with van der Waals surface area (Å²) >= 11 is 0. The quantitative estimate of drug-likeness (QED) is 0.753. The summed E-state index contributed by atoms with van der Waals surface area (Å²) in [6.45, 7) is 4.50. The summed E-state index contributed by atoms with van der Waals surface area (Å²) in [5.74, 6) is -0.109. The van der Waals surface area contributed by atoms with Gasteiger partial charge < -0.3 is 9.64 Å². The molecule has 0 atom stereocenters. The van der Waals surface area contributed by atoms with E-state index >= 15 is 0 Å². The van der Waals surface area contributed by atoms with E-state index in [4.69, 9.17) is 4.74 Å². The van der Waals surface area contributed by atoms with E-state index in [-0.39, 0.29) is 17.6 Å². The van der Waals surface area contributed by atoms with Gasteiger partial charge in [-0.05, 0) is 30.9 Å². The number of carbonyl (C=O) groups excluding carboxylic acids is 1. The van der Waals surface area contributed by atoms with Crippen molar-refractivity contribution in [2.45, 2.75) is 51.9 Å². The predicted molar refractivity (Wildman–Crippen MR) is 104 cm³/mol. The fourth-order valence-electron chi connectivity index (χ4n) is 3.21. The summed E-state index contributed by atoms with van der Waals surface area (Å²) in [7, 11) is 0. The van der Waals surface area contributed by atoms with Crippen LogP contribution in [0.4, 0.5) is 0 Å². The van der Waals surface area contributed by atoms with Crippen molar-refractivity contribution < 1.29 is 9.53 Å². The largest absolute Gasteiger partial charge is 0.373 e. The first-order valence-electron chi connectivity index (χ1n) is 9.70. The number of ether oxygens (including phenoxy) is 1. The molecule has 1 aliphatic rings. The average Bonchev–Trinajstić information content (AvgIpc) is 2.72. The second-order valence-corrected chi connectivity index (χ2v) is 6.92. The minimum Gasteiger partial charge on any atom is -0.373 e. The van der Waals surface area contributed by atoms with E-state index in [0.717, 1.165) is 31.2 Å². The van der Waals surface area contributed by atoms with Gasteiger partial charge in [0, 0.05) is 25.7 Å². The summed E-state index contributed by atoms with van der Waals surface area (Å²) in [4.78, 5) is 26.4. The van der Waals surface area contributed by atoms with Crippen molar-refractivity contribution in [2.24, 2.45) is 0 Å². The zero-order valence-electron chi connectivity index (χ0n) is 15.8. The molecule has 1 aromatic heterocycles. The standard InChI is InChI=1S/C21H27N3O3/c1-2-3-13-24-20(25)10-9-19(22-24)21(26)23-14-11-18(12-15-23)27-16-17-7-5-4-6-8-17/h4-10,18H,2-3,11-16H2,1H3. The number of likely N-dealkylation sites (tertiary alicyclic amines) is 1.